The van der Waals surface area contributed by atoms with Crippen LogP contribution < -0.4 is 5.32 Å². The van der Waals surface area contributed by atoms with Crippen LogP contribution >= 0.6 is 0 Å². The predicted octanol–water partition coefficient (Wildman–Crippen LogP) is 2.38. The molecule has 0 unspecified atom stereocenters. The van der Waals surface area contributed by atoms with E-state index in [4.69, 9.17) is 4.42 Å². The summed E-state index contributed by atoms with van der Waals surface area (Å²) in [6.07, 6.45) is 5.72. The Hall–Kier alpha value is -1.59. The predicted molar refractivity (Wildman–Crippen MR) is 81.6 cm³/mol. The first-order valence-electron chi connectivity index (χ1n) is 7.54. The molecule has 0 saturated carbocycles. The second-order valence-corrected chi connectivity index (χ2v) is 6.72. The number of hydrogen-bond acceptors (Lipinski definition) is 4. The van der Waals surface area contributed by atoms with E-state index >= 15 is 0 Å². The first kappa shape index (κ1) is 14.4. The summed E-state index contributed by atoms with van der Waals surface area (Å²) in [5.41, 5.74) is 1.36. The van der Waals surface area contributed by atoms with Gasteiger partial charge in [0.2, 0.25) is 0 Å². The molecular formula is C16H24N4O. The van der Waals surface area contributed by atoms with E-state index in [0.29, 0.717) is 0 Å². The van der Waals surface area contributed by atoms with Gasteiger partial charge in [0.05, 0.1) is 19.4 Å². The fraction of sp³-hybridized carbons (Fsp3) is 0.562. The van der Waals surface area contributed by atoms with Gasteiger partial charge in [0.1, 0.15) is 11.6 Å². The molecule has 2 aromatic rings. The van der Waals surface area contributed by atoms with Crippen molar-refractivity contribution in [2.45, 2.75) is 52.5 Å². The Balaban J connectivity index is 1.62. The van der Waals surface area contributed by atoms with E-state index in [2.05, 4.69) is 52.8 Å². The minimum atomic E-state index is 0.115. The number of nitrogens with zero attached hydrogens (tertiary/aromatic N) is 3. The maximum absolute atomic E-state index is 5.69. The van der Waals surface area contributed by atoms with Crippen molar-refractivity contribution in [1.29, 1.82) is 0 Å². The molecule has 0 amide bonds. The van der Waals surface area contributed by atoms with Gasteiger partial charge in [-0.25, -0.2) is 4.98 Å². The Bertz CT molecular complexity index is 593. The van der Waals surface area contributed by atoms with Crippen LogP contribution in [0.3, 0.4) is 0 Å². The Kier molecular flexibility index (Phi) is 3.87. The Morgan fingerprint density at radius 1 is 1.33 bits per heavy atom. The third-order valence-electron chi connectivity index (χ3n) is 3.84. The zero-order valence-electron chi connectivity index (χ0n) is 13.1. The molecule has 0 bridgehead atoms. The van der Waals surface area contributed by atoms with Crippen LogP contribution in [0.25, 0.3) is 0 Å². The van der Waals surface area contributed by atoms with Crippen LogP contribution in [0.1, 0.15) is 37.9 Å². The van der Waals surface area contributed by atoms with Crippen LogP contribution in [-0.2, 0) is 26.2 Å². The number of imidazole rings is 1. The summed E-state index contributed by atoms with van der Waals surface area (Å²) in [5, 5.41) is 3.52. The molecule has 114 valence electrons. The number of nitrogens with one attached hydrogen (secondary N) is 1. The first-order chi connectivity index (χ1) is 10.0. The van der Waals surface area contributed by atoms with Crippen LogP contribution in [0, 0.1) is 0 Å². The summed E-state index contributed by atoms with van der Waals surface area (Å²) in [4.78, 5) is 6.80. The van der Waals surface area contributed by atoms with E-state index in [-0.39, 0.29) is 5.54 Å². The van der Waals surface area contributed by atoms with Crippen molar-refractivity contribution in [2.24, 2.45) is 0 Å². The van der Waals surface area contributed by atoms with E-state index in [0.717, 1.165) is 44.3 Å². The molecule has 0 radical (unpaired) electrons. The average molecular weight is 288 g/mol. The van der Waals surface area contributed by atoms with E-state index in [9.17, 15) is 0 Å². The van der Waals surface area contributed by atoms with E-state index in [1.807, 2.05) is 6.20 Å². The Morgan fingerprint density at radius 2 is 2.19 bits per heavy atom. The van der Waals surface area contributed by atoms with Gasteiger partial charge in [-0.3, -0.25) is 4.90 Å². The van der Waals surface area contributed by atoms with Gasteiger partial charge in [-0.1, -0.05) is 0 Å². The lowest BCUT2D eigenvalue weighted by Gasteiger charge is -2.27. The summed E-state index contributed by atoms with van der Waals surface area (Å²) in [6, 6.07) is 2.07. The molecule has 1 N–H and O–H groups in total. The largest absolute Gasteiger partial charge is 0.468 e. The highest BCUT2D eigenvalue weighted by Gasteiger charge is 2.19. The SMILES string of the molecule is CC(C)(C)NCc1ccoc1CN1CCn2ccnc2C1. The number of hydrogen-bond donors (Lipinski definition) is 1. The topological polar surface area (TPSA) is 46.2 Å². The maximum Gasteiger partial charge on any atom is 0.122 e. The number of fused-ring (bicyclic) bond motifs is 1. The third-order valence-corrected chi connectivity index (χ3v) is 3.84. The highest BCUT2D eigenvalue weighted by molar-refractivity contribution is 5.17. The molecule has 2 aromatic heterocycles. The molecule has 3 rings (SSSR count). The van der Waals surface area contributed by atoms with Gasteiger partial charge >= 0.3 is 0 Å². The van der Waals surface area contributed by atoms with Crippen molar-refractivity contribution >= 4 is 0 Å². The van der Waals surface area contributed by atoms with Gasteiger partial charge < -0.3 is 14.3 Å². The highest BCUT2D eigenvalue weighted by atomic mass is 16.3. The zero-order valence-corrected chi connectivity index (χ0v) is 13.1. The average Bonchev–Trinajstić information content (AvgIpc) is 3.04. The molecule has 0 saturated heterocycles. The van der Waals surface area contributed by atoms with Gasteiger partial charge in [0.25, 0.3) is 0 Å². The van der Waals surface area contributed by atoms with Crippen molar-refractivity contribution in [3.05, 3.63) is 41.9 Å². The van der Waals surface area contributed by atoms with Crippen molar-refractivity contribution in [2.75, 3.05) is 6.54 Å². The number of furan rings is 1. The molecule has 1 aliphatic heterocycles. The monoisotopic (exact) mass is 288 g/mol. The lowest BCUT2D eigenvalue weighted by Crippen LogP contribution is -2.36. The molecule has 1 aliphatic rings. The minimum absolute atomic E-state index is 0.115. The summed E-state index contributed by atoms with van der Waals surface area (Å²) >= 11 is 0. The highest BCUT2D eigenvalue weighted by Crippen LogP contribution is 2.18. The molecule has 5 nitrogen and oxygen atoms in total. The molecule has 3 heterocycles. The van der Waals surface area contributed by atoms with Crippen LogP contribution in [0.15, 0.2) is 29.1 Å². The fourth-order valence-corrected chi connectivity index (χ4v) is 2.59. The van der Waals surface area contributed by atoms with Crippen LogP contribution in [0.5, 0.6) is 0 Å². The first-order valence-corrected chi connectivity index (χ1v) is 7.54. The van der Waals surface area contributed by atoms with Gasteiger partial charge in [-0.05, 0) is 26.8 Å². The Labute approximate surface area is 126 Å². The van der Waals surface area contributed by atoms with Crippen LogP contribution in [0.2, 0.25) is 0 Å². The van der Waals surface area contributed by atoms with Crippen molar-refractivity contribution in [3.8, 4) is 0 Å². The zero-order chi connectivity index (χ0) is 14.9. The van der Waals surface area contributed by atoms with E-state index in [1.54, 1.807) is 6.26 Å². The quantitative estimate of drug-likeness (QED) is 0.938. The number of rotatable bonds is 4. The minimum Gasteiger partial charge on any atom is -0.468 e. The lowest BCUT2D eigenvalue weighted by molar-refractivity contribution is 0.192. The third kappa shape index (κ3) is 3.54. The molecule has 21 heavy (non-hydrogen) atoms. The van der Waals surface area contributed by atoms with Crippen LogP contribution in [0.4, 0.5) is 0 Å². The molecule has 0 aliphatic carbocycles. The van der Waals surface area contributed by atoms with Crippen molar-refractivity contribution < 1.29 is 4.42 Å². The van der Waals surface area contributed by atoms with Gasteiger partial charge in [0, 0.05) is 43.1 Å². The number of aromatic nitrogens is 2. The lowest BCUT2D eigenvalue weighted by atomic mass is 10.1. The smallest absolute Gasteiger partial charge is 0.122 e. The molecule has 0 spiro atoms. The fourth-order valence-electron chi connectivity index (χ4n) is 2.59. The van der Waals surface area contributed by atoms with E-state index in [1.165, 1.54) is 5.56 Å². The second-order valence-electron chi connectivity index (χ2n) is 6.72. The van der Waals surface area contributed by atoms with Crippen molar-refractivity contribution in [1.82, 2.24) is 19.8 Å². The summed E-state index contributed by atoms with van der Waals surface area (Å²) in [7, 11) is 0. The van der Waals surface area contributed by atoms with Gasteiger partial charge in [-0.2, -0.15) is 0 Å². The maximum atomic E-state index is 5.69. The Morgan fingerprint density at radius 3 is 3.00 bits per heavy atom. The molecule has 0 aromatic carbocycles. The summed E-state index contributed by atoms with van der Waals surface area (Å²) < 4.78 is 7.92. The van der Waals surface area contributed by atoms with Gasteiger partial charge in [-0.15, -0.1) is 0 Å². The molecular weight excluding hydrogens is 264 g/mol. The normalized spacial score (nSPS) is 16.1. The molecule has 0 atom stereocenters. The summed E-state index contributed by atoms with van der Waals surface area (Å²) in [5.74, 6) is 2.20. The van der Waals surface area contributed by atoms with E-state index < -0.39 is 0 Å². The molecule has 5 heteroatoms. The van der Waals surface area contributed by atoms with Crippen molar-refractivity contribution in [3.63, 3.8) is 0 Å². The van der Waals surface area contributed by atoms with Crippen LogP contribution in [-0.4, -0.2) is 26.5 Å². The molecule has 0 fully saturated rings. The van der Waals surface area contributed by atoms with Gasteiger partial charge in [0.15, 0.2) is 0 Å². The standard InChI is InChI=1S/C16H24N4O/c1-16(2,3)18-10-13-4-9-21-14(13)11-19-7-8-20-6-5-17-15(20)12-19/h4-6,9,18H,7-8,10-12H2,1-3H3. The second kappa shape index (κ2) is 5.66. The summed E-state index contributed by atoms with van der Waals surface area (Å²) in [6.45, 7) is 11.2.